The standard InChI is InChI=1S/C14H23NO4/c1-5-6-7-12(16)11-10-18-9-8-15(11)13(17)19-14(2,3)4/h1,11-12,16H,6-10H2,2-4H3. The third-order valence-electron chi connectivity index (χ3n) is 2.82. The number of ether oxygens (including phenoxy) is 2. The van der Waals surface area contributed by atoms with E-state index in [9.17, 15) is 9.90 Å². The third-order valence-corrected chi connectivity index (χ3v) is 2.82. The SMILES string of the molecule is C#CCCC(O)C1COCCN1C(=O)OC(C)(C)C. The Bertz CT molecular complexity index is 342. The first-order valence-electron chi connectivity index (χ1n) is 6.54. The number of carbonyl (C=O) groups excluding carboxylic acids is 1. The highest BCUT2D eigenvalue weighted by molar-refractivity contribution is 5.68. The van der Waals surface area contributed by atoms with Gasteiger partial charge in [0.1, 0.15) is 5.60 Å². The predicted octanol–water partition coefficient (Wildman–Crippen LogP) is 1.40. The first kappa shape index (κ1) is 15.8. The highest BCUT2D eigenvalue weighted by atomic mass is 16.6. The minimum atomic E-state index is -0.691. The van der Waals surface area contributed by atoms with Gasteiger partial charge in [0.15, 0.2) is 0 Å². The van der Waals surface area contributed by atoms with E-state index >= 15 is 0 Å². The van der Waals surface area contributed by atoms with Crippen molar-refractivity contribution in [1.29, 1.82) is 0 Å². The maximum Gasteiger partial charge on any atom is 0.410 e. The Kier molecular flexibility index (Phi) is 5.64. The number of amides is 1. The Morgan fingerprint density at radius 3 is 2.89 bits per heavy atom. The lowest BCUT2D eigenvalue weighted by Crippen LogP contribution is -2.55. The number of rotatable bonds is 3. The molecule has 0 aliphatic carbocycles. The topological polar surface area (TPSA) is 59.0 Å². The molecule has 2 atom stereocenters. The molecule has 0 bridgehead atoms. The summed E-state index contributed by atoms with van der Waals surface area (Å²) in [6.07, 6.45) is 5.00. The molecule has 1 amide bonds. The van der Waals surface area contributed by atoms with E-state index < -0.39 is 23.8 Å². The highest BCUT2D eigenvalue weighted by Gasteiger charge is 2.34. The Balaban J connectivity index is 2.67. The van der Waals surface area contributed by atoms with Crippen LogP contribution in [-0.4, -0.2) is 53.6 Å². The Labute approximate surface area is 114 Å². The Morgan fingerprint density at radius 2 is 2.32 bits per heavy atom. The fourth-order valence-corrected chi connectivity index (χ4v) is 1.91. The third kappa shape index (κ3) is 5.09. The molecule has 5 heteroatoms. The second kappa shape index (κ2) is 6.78. The van der Waals surface area contributed by atoms with Crippen molar-refractivity contribution in [3.05, 3.63) is 0 Å². The lowest BCUT2D eigenvalue weighted by Gasteiger charge is -2.38. The zero-order valence-electron chi connectivity index (χ0n) is 11.9. The molecular formula is C14H23NO4. The van der Waals surface area contributed by atoms with E-state index in [1.165, 1.54) is 4.90 Å². The van der Waals surface area contributed by atoms with Crippen LogP contribution >= 0.6 is 0 Å². The Hall–Kier alpha value is -1.25. The zero-order chi connectivity index (χ0) is 14.5. The molecule has 0 saturated carbocycles. The second-order valence-electron chi connectivity index (χ2n) is 5.63. The predicted molar refractivity (Wildman–Crippen MR) is 71.6 cm³/mol. The molecule has 1 aliphatic heterocycles. The minimum absolute atomic E-state index is 0.310. The van der Waals surface area contributed by atoms with Gasteiger partial charge in [0.25, 0.3) is 0 Å². The Morgan fingerprint density at radius 1 is 1.63 bits per heavy atom. The molecule has 0 spiro atoms. The number of morpholine rings is 1. The molecular weight excluding hydrogens is 246 g/mol. The van der Waals surface area contributed by atoms with Gasteiger partial charge in [-0.15, -0.1) is 12.3 Å². The van der Waals surface area contributed by atoms with Crippen LogP contribution in [0.15, 0.2) is 0 Å². The van der Waals surface area contributed by atoms with Gasteiger partial charge in [-0.05, 0) is 27.2 Å². The van der Waals surface area contributed by atoms with Crippen molar-refractivity contribution in [2.75, 3.05) is 19.8 Å². The summed E-state index contributed by atoms with van der Waals surface area (Å²) in [4.78, 5) is 13.6. The van der Waals surface area contributed by atoms with Gasteiger partial charge < -0.3 is 14.6 Å². The van der Waals surface area contributed by atoms with Gasteiger partial charge >= 0.3 is 6.09 Å². The smallest absolute Gasteiger partial charge is 0.410 e. The van der Waals surface area contributed by atoms with Crippen LogP contribution in [0, 0.1) is 12.3 Å². The molecule has 0 radical (unpaired) electrons. The number of nitrogens with zero attached hydrogens (tertiary/aromatic N) is 1. The van der Waals surface area contributed by atoms with Crippen LogP contribution in [0.3, 0.4) is 0 Å². The fraction of sp³-hybridized carbons (Fsp3) is 0.786. The molecule has 1 N–H and O–H groups in total. The summed E-state index contributed by atoms with van der Waals surface area (Å²) < 4.78 is 10.7. The lowest BCUT2D eigenvalue weighted by atomic mass is 10.0. The molecule has 0 aromatic carbocycles. The monoisotopic (exact) mass is 269 g/mol. The van der Waals surface area contributed by atoms with Gasteiger partial charge in [0, 0.05) is 13.0 Å². The first-order chi connectivity index (χ1) is 8.85. The summed E-state index contributed by atoms with van der Waals surface area (Å²) in [5.41, 5.74) is -0.552. The summed E-state index contributed by atoms with van der Waals surface area (Å²) in [6.45, 7) is 6.63. The van der Waals surface area contributed by atoms with E-state index in [-0.39, 0.29) is 0 Å². The van der Waals surface area contributed by atoms with Crippen LogP contribution < -0.4 is 0 Å². The first-order valence-corrected chi connectivity index (χ1v) is 6.54. The van der Waals surface area contributed by atoms with E-state index in [1.807, 2.05) is 20.8 Å². The minimum Gasteiger partial charge on any atom is -0.444 e. The van der Waals surface area contributed by atoms with Crippen LogP contribution in [0.5, 0.6) is 0 Å². The van der Waals surface area contributed by atoms with Gasteiger partial charge in [-0.2, -0.15) is 0 Å². The van der Waals surface area contributed by atoms with Crippen LogP contribution in [-0.2, 0) is 9.47 Å². The van der Waals surface area contributed by atoms with Crippen molar-refractivity contribution in [3.63, 3.8) is 0 Å². The molecule has 1 heterocycles. The van der Waals surface area contributed by atoms with Crippen molar-refractivity contribution in [1.82, 2.24) is 4.90 Å². The molecule has 19 heavy (non-hydrogen) atoms. The van der Waals surface area contributed by atoms with Crippen molar-refractivity contribution < 1.29 is 19.4 Å². The van der Waals surface area contributed by atoms with E-state index in [0.717, 1.165) is 0 Å². The van der Waals surface area contributed by atoms with Gasteiger partial charge in [0.2, 0.25) is 0 Å². The zero-order valence-corrected chi connectivity index (χ0v) is 11.9. The van der Waals surface area contributed by atoms with Crippen LogP contribution in [0.25, 0.3) is 0 Å². The molecule has 0 aromatic rings. The summed E-state index contributed by atoms with van der Waals surface area (Å²) in [7, 11) is 0. The number of carbonyl (C=O) groups is 1. The van der Waals surface area contributed by atoms with E-state index in [1.54, 1.807) is 0 Å². The van der Waals surface area contributed by atoms with Crippen molar-refractivity contribution in [2.24, 2.45) is 0 Å². The molecule has 5 nitrogen and oxygen atoms in total. The molecule has 1 saturated heterocycles. The van der Waals surface area contributed by atoms with Crippen molar-refractivity contribution in [3.8, 4) is 12.3 Å². The van der Waals surface area contributed by atoms with Crippen LogP contribution in [0.4, 0.5) is 4.79 Å². The van der Waals surface area contributed by atoms with E-state index in [0.29, 0.717) is 32.6 Å². The molecule has 2 unspecified atom stereocenters. The molecule has 1 aliphatic rings. The maximum absolute atomic E-state index is 12.1. The number of aliphatic hydroxyl groups is 1. The maximum atomic E-state index is 12.1. The molecule has 108 valence electrons. The fourth-order valence-electron chi connectivity index (χ4n) is 1.91. The summed E-state index contributed by atoms with van der Waals surface area (Å²) in [5, 5.41) is 10.1. The average Bonchev–Trinajstić information content (AvgIpc) is 2.34. The number of terminal acetylenes is 1. The molecule has 1 rings (SSSR count). The quantitative estimate of drug-likeness (QED) is 0.787. The summed E-state index contributed by atoms with van der Waals surface area (Å²) >= 11 is 0. The lowest BCUT2D eigenvalue weighted by molar-refractivity contribution is -0.0674. The average molecular weight is 269 g/mol. The van der Waals surface area contributed by atoms with Crippen LogP contribution in [0.1, 0.15) is 33.6 Å². The number of hydrogen-bond acceptors (Lipinski definition) is 4. The van der Waals surface area contributed by atoms with Gasteiger partial charge in [-0.25, -0.2) is 4.79 Å². The highest BCUT2D eigenvalue weighted by Crippen LogP contribution is 2.18. The summed E-state index contributed by atoms with van der Waals surface area (Å²) in [6, 6.07) is -0.392. The van der Waals surface area contributed by atoms with Gasteiger partial charge in [-0.3, -0.25) is 4.90 Å². The number of hydrogen-bond donors (Lipinski definition) is 1. The van der Waals surface area contributed by atoms with E-state index in [2.05, 4.69) is 5.92 Å². The summed E-state index contributed by atoms with van der Waals surface area (Å²) in [5.74, 6) is 2.48. The molecule has 1 fully saturated rings. The van der Waals surface area contributed by atoms with Gasteiger partial charge in [0.05, 0.1) is 25.4 Å². The normalized spacial score (nSPS) is 21.6. The number of aliphatic hydroxyl groups excluding tert-OH is 1. The second-order valence-corrected chi connectivity index (χ2v) is 5.63. The van der Waals surface area contributed by atoms with Crippen molar-refractivity contribution in [2.45, 2.75) is 51.4 Å². The van der Waals surface area contributed by atoms with E-state index in [4.69, 9.17) is 15.9 Å². The van der Waals surface area contributed by atoms with Crippen molar-refractivity contribution >= 4 is 6.09 Å². The van der Waals surface area contributed by atoms with Crippen LogP contribution in [0.2, 0.25) is 0 Å². The molecule has 0 aromatic heterocycles. The largest absolute Gasteiger partial charge is 0.444 e. The van der Waals surface area contributed by atoms with Gasteiger partial charge in [-0.1, -0.05) is 0 Å².